The zero-order chi connectivity index (χ0) is 17.7. The molecule has 0 aliphatic heterocycles. The molecule has 0 heterocycles. The van der Waals surface area contributed by atoms with Crippen LogP contribution in [-0.2, 0) is 0 Å². The second-order valence-corrected chi connectivity index (χ2v) is 6.08. The molecular weight excluding hydrogens is 342 g/mol. The lowest BCUT2D eigenvalue weighted by Gasteiger charge is -2.05. The second-order valence-electron chi connectivity index (χ2n) is 4.91. The molecular formula is C16H15F4N3S. The molecule has 0 fully saturated rings. The van der Waals surface area contributed by atoms with E-state index < -0.39 is 34.6 Å². The Morgan fingerprint density at radius 3 is 2.04 bits per heavy atom. The van der Waals surface area contributed by atoms with E-state index in [0.717, 1.165) is 23.5 Å². The Kier molecular flexibility index (Phi) is 6.19. The van der Waals surface area contributed by atoms with E-state index in [1.807, 2.05) is 0 Å². The number of nitrogens with two attached hydrogens (primary N) is 1. The number of rotatable bonds is 6. The van der Waals surface area contributed by atoms with Gasteiger partial charge in [-0.2, -0.15) is 5.11 Å². The van der Waals surface area contributed by atoms with Crippen LogP contribution in [0.3, 0.4) is 0 Å². The lowest BCUT2D eigenvalue weighted by Crippen LogP contribution is -2.02. The van der Waals surface area contributed by atoms with E-state index in [4.69, 9.17) is 5.73 Å². The van der Waals surface area contributed by atoms with Crippen LogP contribution in [0.4, 0.5) is 34.6 Å². The Balaban J connectivity index is 2.20. The smallest absolute Gasteiger partial charge is 0.191 e. The Morgan fingerprint density at radius 2 is 1.50 bits per heavy atom. The van der Waals surface area contributed by atoms with Gasteiger partial charge in [0.05, 0.1) is 5.69 Å². The molecule has 2 aromatic carbocycles. The fourth-order valence-electron chi connectivity index (χ4n) is 1.78. The molecule has 2 rings (SSSR count). The van der Waals surface area contributed by atoms with Crippen molar-refractivity contribution in [3.05, 3.63) is 47.5 Å². The first-order valence-corrected chi connectivity index (χ1v) is 8.20. The van der Waals surface area contributed by atoms with Gasteiger partial charge in [-0.3, -0.25) is 0 Å². The first-order chi connectivity index (χ1) is 11.5. The van der Waals surface area contributed by atoms with E-state index >= 15 is 0 Å². The van der Waals surface area contributed by atoms with Gasteiger partial charge in [-0.15, -0.1) is 16.9 Å². The van der Waals surface area contributed by atoms with Crippen molar-refractivity contribution in [1.29, 1.82) is 0 Å². The molecule has 0 aliphatic rings. The third kappa shape index (κ3) is 4.05. The summed E-state index contributed by atoms with van der Waals surface area (Å²) in [5, 5.41) is 6.89. The standard InChI is InChI=1S/C16H15F4N3S/c1-2-3-8-24-10-6-4-9(5-7-10)22-23-16-13(19)11(17)15(21)12(18)14(16)20/h4-7H,2-3,8,21H2,1H3. The summed E-state index contributed by atoms with van der Waals surface area (Å²) in [6.45, 7) is 2.10. The van der Waals surface area contributed by atoms with Crippen molar-refractivity contribution in [2.45, 2.75) is 24.7 Å². The summed E-state index contributed by atoms with van der Waals surface area (Å²) in [6, 6.07) is 6.76. The summed E-state index contributed by atoms with van der Waals surface area (Å²) in [5.74, 6) is -5.75. The van der Waals surface area contributed by atoms with E-state index in [-0.39, 0.29) is 0 Å². The molecule has 2 N–H and O–H groups in total. The Labute approximate surface area is 141 Å². The van der Waals surface area contributed by atoms with Crippen molar-refractivity contribution < 1.29 is 17.6 Å². The lowest BCUT2D eigenvalue weighted by atomic mass is 10.2. The van der Waals surface area contributed by atoms with Gasteiger partial charge in [0.25, 0.3) is 0 Å². The van der Waals surface area contributed by atoms with Gasteiger partial charge in [-0.05, 0) is 36.4 Å². The summed E-state index contributed by atoms with van der Waals surface area (Å²) in [5.41, 5.74) is 2.84. The average Bonchev–Trinajstić information content (AvgIpc) is 2.60. The molecule has 0 bridgehead atoms. The molecule has 8 heteroatoms. The zero-order valence-corrected chi connectivity index (χ0v) is 13.6. The topological polar surface area (TPSA) is 50.7 Å². The minimum Gasteiger partial charge on any atom is -0.394 e. The van der Waals surface area contributed by atoms with E-state index in [1.165, 1.54) is 0 Å². The van der Waals surface area contributed by atoms with Gasteiger partial charge in [-0.25, -0.2) is 17.6 Å². The molecule has 0 spiro atoms. The molecule has 0 aliphatic carbocycles. The maximum Gasteiger partial charge on any atom is 0.191 e. The molecule has 0 saturated carbocycles. The Bertz CT molecular complexity index is 719. The van der Waals surface area contributed by atoms with E-state index in [1.54, 1.807) is 36.0 Å². The molecule has 0 saturated heterocycles. The van der Waals surface area contributed by atoms with Crippen molar-refractivity contribution in [3.8, 4) is 0 Å². The predicted octanol–water partition coefficient (Wildman–Crippen LogP) is 6.13. The summed E-state index contributed by atoms with van der Waals surface area (Å²) in [6.07, 6.45) is 2.20. The van der Waals surface area contributed by atoms with Crippen LogP contribution < -0.4 is 5.73 Å². The minimum atomic E-state index is -1.69. The van der Waals surface area contributed by atoms with Crippen LogP contribution in [0.15, 0.2) is 39.4 Å². The molecule has 24 heavy (non-hydrogen) atoms. The molecule has 0 aromatic heterocycles. The van der Waals surface area contributed by atoms with Crippen molar-refractivity contribution >= 4 is 28.8 Å². The maximum atomic E-state index is 13.6. The van der Waals surface area contributed by atoms with Gasteiger partial charge in [-0.1, -0.05) is 13.3 Å². The summed E-state index contributed by atoms with van der Waals surface area (Å²) >= 11 is 1.67. The third-order valence-electron chi connectivity index (χ3n) is 3.14. The van der Waals surface area contributed by atoms with Gasteiger partial charge in [0.1, 0.15) is 5.69 Å². The monoisotopic (exact) mass is 357 g/mol. The number of hydrogen-bond donors (Lipinski definition) is 1. The van der Waals surface area contributed by atoms with Crippen LogP contribution in [0.25, 0.3) is 0 Å². The van der Waals surface area contributed by atoms with E-state index in [0.29, 0.717) is 5.69 Å². The third-order valence-corrected chi connectivity index (χ3v) is 4.24. The van der Waals surface area contributed by atoms with Crippen molar-refractivity contribution in [1.82, 2.24) is 0 Å². The minimum absolute atomic E-state index is 0.297. The highest BCUT2D eigenvalue weighted by molar-refractivity contribution is 7.99. The lowest BCUT2D eigenvalue weighted by molar-refractivity contribution is 0.462. The molecule has 0 radical (unpaired) electrons. The first-order valence-electron chi connectivity index (χ1n) is 7.21. The van der Waals surface area contributed by atoms with Crippen LogP contribution in [0.1, 0.15) is 19.8 Å². The summed E-state index contributed by atoms with van der Waals surface area (Å²) in [4.78, 5) is 1.02. The van der Waals surface area contributed by atoms with Gasteiger partial charge in [0.2, 0.25) is 0 Å². The van der Waals surface area contributed by atoms with Gasteiger partial charge < -0.3 is 5.73 Å². The van der Waals surface area contributed by atoms with Crippen LogP contribution in [-0.4, -0.2) is 5.75 Å². The van der Waals surface area contributed by atoms with E-state index in [2.05, 4.69) is 17.2 Å². The normalized spacial score (nSPS) is 11.4. The number of halogens is 4. The first kappa shape index (κ1) is 18.3. The number of azo groups is 1. The fourth-order valence-corrected chi connectivity index (χ4v) is 2.77. The highest BCUT2D eigenvalue weighted by atomic mass is 32.2. The number of nitrogens with zero attached hydrogens (tertiary/aromatic N) is 2. The number of hydrogen-bond acceptors (Lipinski definition) is 4. The van der Waals surface area contributed by atoms with Gasteiger partial charge in [0, 0.05) is 4.90 Å². The average molecular weight is 357 g/mol. The highest BCUT2D eigenvalue weighted by Gasteiger charge is 2.23. The molecule has 128 valence electrons. The van der Waals surface area contributed by atoms with Gasteiger partial charge >= 0.3 is 0 Å². The second kappa shape index (κ2) is 8.14. The van der Waals surface area contributed by atoms with E-state index in [9.17, 15) is 17.6 Å². The van der Waals surface area contributed by atoms with Crippen LogP contribution in [0.2, 0.25) is 0 Å². The number of unbranched alkanes of at least 4 members (excludes halogenated alkanes) is 1. The molecule has 0 atom stereocenters. The summed E-state index contributed by atoms with van der Waals surface area (Å²) in [7, 11) is 0. The maximum absolute atomic E-state index is 13.6. The Morgan fingerprint density at radius 1 is 0.917 bits per heavy atom. The molecule has 3 nitrogen and oxygen atoms in total. The van der Waals surface area contributed by atoms with Crippen LogP contribution in [0, 0.1) is 23.3 Å². The van der Waals surface area contributed by atoms with Crippen LogP contribution >= 0.6 is 11.8 Å². The number of anilines is 1. The molecule has 0 unspecified atom stereocenters. The van der Waals surface area contributed by atoms with Crippen LogP contribution in [0.5, 0.6) is 0 Å². The highest BCUT2D eigenvalue weighted by Crippen LogP contribution is 2.33. The van der Waals surface area contributed by atoms with Crippen molar-refractivity contribution in [2.75, 3.05) is 11.5 Å². The number of benzene rings is 2. The fraction of sp³-hybridized carbons (Fsp3) is 0.250. The largest absolute Gasteiger partial charge is 0.394 e. The zero-order valence-electron chi connectivity index (χ0n) is 12.8. The SMILES string of the molecule is CCCCSc1ccc(N=Nc2c(F)c(F)c(N)c(F)c2F)cc1. The summed E-state index contributed by atoms with van der Waals surface area (Å²) < 4.78 is 53.9. The number of nitrogen functional groups attached to an aromatic ring is 1. The Hall–Kier alpha value is -2.09. The molecule has 2 aromatic rings. The number of thioether (sulfide) groups is 1. The van der Waals surface area contributed by atoms with Crippen molar-refractivity contribution in [2.24, 2.45) is 10.2 Å². The predicted molar refractivity (Wildman–Crippen MR) is 86.9 cm³/mol. The molecule has 0 amide bonds. The van der Waals surface area contributed by atoms with Crippen molar-refractivity contribution in [3.63, 3.8) is 0 Å². The van der Waals surface area contributed by atoms with Gasteiger partial charge in [0.15, 0.2) is 29.0 Å². The quantitative estimate of drug-likeness (QED) is 0.169.